The Hall–Kier alpha value is -3.19. The molecule has 146 valence electrons. The molecular formula is C21H26N6O. The van der Waals surface area contributed by atoms with E-state index in [0.29, 0.717) is 18.9 Å². The number of aromatic nitrogens is 3. The fraction of sp³-hybridized carbons (Fsp3) is 0.286. The van der Waals surface area contributed by atoms with Gasteiger partial charge >= 0.3 is 0 Å². The fourth-order valence-corrected chi connectivity index (χ4v) is 2.73. The minimum absolute atomic E-state index is 0.121. The van der Waals surface area contributed by atoms with Crippen molar-refractivity contribution in [1.29, 1.82) is 0 Å². The number of nitrogens with zero attached hydrogens (tertiary/aromatic N) is 3. The third-order valence-electron chi connectivity index (χ3n) is 4.36. The lowest BCUT2D eigenvalue weighted by Crippen LogP contribution is -1.97. The van der Waals surface area contributed by atoms with Crippen LogP contribution < -0.4 is 11.1 Å². The summed E-state index contributed by atoms with van der Waals surface area (Å²) in [6.45, 7) is 4.99. The van der Waals surface area contributed by atoms with Crippen molar-refractivity contribution in [2.75, 3.05) is 18.5 Å². The third-order valence-corrected chi connectivity index (χ3v) is 4.36. The lowest BCUT2D eigenvalue weighted by molar-refractivity contribution is 0.291. The number of hydrogen-bond acceptors (Lipinski definition) is 6. The van der Waals surface area contributed by atoms with E-state index in [1.807, 2.05) is 24.4 Å². The molecule has 0 aliphatic rings. The van der Waals surface area contributed by atoms with E-state index in [0.717, 1.165) is 33.8 Å². The second-order valence-corrected chi connectivity index (χ2v) is 6.82. The highest BCUT2D eigenvalue weighted by atomic mass is 16.3. The molecule has 7 nitrogen and oxygen atoms in total. The Morgan fingerprint density at radius 3 is 2.89 bits per heavy atom. The molecule has 28 heavy (non-hydrogen) atoms. The molecule has 0 saturated carbocycles. The highest BCUT2D eigenvalue weighted by Crippen LogP contribution is 2.22. The van der Waals surface area contributed by atoms with Gasteiger partial charge in [-0.1, -0.05) is 13.8 Å². The highest BCUT2D eigenvalue weighted by Gasteiger charge is 2.07. The minimum atomic E-state index is 0.121. The van der Waals surface area contributed by atoms with E-state index in [9.17, 15) is 0 Å². The lowest BCUT2D eigenvalue weighted by Gasteiger charge is -2.07. The van der Waals surface area contributed by atoms with E-state index in [1.165, 1.54) is 11.8 Å². The molecule has 3 heterocycles. The molecule has 3 aromatic rings. The standard InChI is InChI=1S/C21H26N6O/c1-14(2)15-9-21(25-12-15)27-20-5-4-18-19(26-20)8-16(13-24-18)17(10-22)11-23-6-3-7-28/h4-5,8-14,25,28H,3,6-7,22H2,1-2H3,(H,26,27). The van der Waals surface area contributed by atoms with Gasteiger partial charge in [-0.3, -0.25) is 9.98 Å². The highest BCUT2D eigenvalue weighted by molar-refractivity contribution is 6.10. The number of pyridine rings is 2. The van der Waals surface area contributed by atoms with Crippen LogP contribution in [-0.4, -0.2) is 39.4 Å². The lowest BCUT2D eigenvalue weighted by atomic mass is 10.1. The van der Waals surface area contributed by atoms with Gasteiger partial charge < -0.3 is 21.1 Å². The summed E-state index contributed by atoms with van der Waals surface area (Å²) in [5.41, 5.74) is 10.2. The van der Waals surface area contributed by atoms with Crippen molar-refractivity contribution < 1.29 is 5.11 Å². The summed E-state index contributed by atoms with van der Waals surface area (Å²) in [5, 5.41) is 12.1. The van der Waals surface area contributed by atoms with Crippen LogP contribution in [-0.2, 0) is 0 Å². The topological polar surface area (TPSA) is 112 Å². The Balaban J connectivity index is 1.83. The second-order valence-electron chi connectivity index (χ2n) is 6.82. The molecule has 0 aliphatic carbocycles. The molecule has 0 spiro atoms. The van der Waals surface area contributed by atoms with E-state index < -0.39 is 0 Å². The summed E-state index contributed by atoms with van der Waals surface area (Å²) in [6, 6.07) is 7.87. The van der Waals surface area contributed by atoms with E-state index in [2.05, 4.69) is 45.2 Å². The molecule has 0 amide bonds. The van der Waals surface area contributed by atoms with Crippen molar-refractivity contribution >= 4 is 34.5 Å². The second kappa shape index (κ2) is 9.14. The molecule has 0 fully saturated rings. The van der Waals surface area contributed by atoms with Crippen molar-refractivity contribution in [3.63, 3.8) is 0 Å². The van der Waals surface area contributed by atoms with Crippen molar-refractivity contribution in [3.05, 3.63) is 54.0 Å². The molecule has 0 unspecified atom stereocenters. The zero-order chi connectivity index (χ0) is 19.9. The molecule has 0 radical (unpaired) electrons. The van der Waals surface area contributed by atoms with Crippen molar-refractivity contribution in [1.82, 2.24) is 15.0 Å². The zero-order valence-corrected chi connectivity index (χ0v) is 16.2. The number of anilines is 2. The maximum Gasteiger partial charge on any atom is 0.132 e. The van der Waals surface area contributed by atoms with Gasteiger partial charge in [-0.15, -0.1) is 0 Å². The number of H-pyrrole nitrogens is 1. The predicted octanol–water partition coefficient (Wildman–Crippen LogP) is 3.58. The maximum atomic E-state index is 8.84. The number of nitrogens with two attached hydrogens (primary N) is 1. The first-order valence-electron chi connectivity index (χ1n) is 9.36. The summed E-state index contributed by atoms with van der Waals surface area (Å²) < 4.78 is 0. The van der Waals surface area contributed by atoms with Gasteiger partial charge in [0.15, 0.2) is 0 Å². The average molecular weight is 378 g/mol. The van der Waals surface area contributed by atoms with Crippen LogP contribution in [0.1, 0.15) is 37.3 Å². The number of aliphatic imine (C=N–C) groups is 1. The third kappa shape index (κ3) is 4.75. The summed E-state index contributed by atoms with van der Waals surface area (Å²) in [5.74, 6) is 2.10. The first-order valence-corrected chi connectivity index (χ1v) is 9.36. The monoisotopic (exact) mass is 378 g/mol. The number of aliphatic hydroxyl groups is 1. The molecule has 0 saturated heterocycles. The van der Waals surface area contributed by atoms with Gasteiger partial charge in [0, 0.05) is 49.1 Å². The molecule has 3 aromatic heterocycles. The smallest absolute Gasteiger partial charge is 0.132 e. The van der Waals surface area contributed by atoms with Gasteiger partial charge in [0.2, 0.25) is 0 Å². The zero-order valence-electron chi connectivity index (χ0n) is 16.2. The maximum absolute atomic E-state index is 8.84. The number of allylic oxidation sites excluding steroid dienone is 1. The summed E-state index contributed by atoms with van der Waals surface area (Å²) in [4.78, 5) is 16.7. The number of aromatic amines is 1. The van der Waals surface area contributed by atoms with Gasteiger partial charge in [0.05, 0.1) is 11.0 Å². The van der Waals surface area contributed by atoms with Crippen LogP contribution in [0.3, 0.4) is 0 Å². The Labute approximate surface area is 164 Å². The van der Waals surface area contributed by atoms with Crippen molar-refractivity contribution in [2.45, 2.75) is 26.2 Å². The number of fused-ring (bicyclic) bond motifs is 1. The summed E-state index contributed by atoms with van der Waals surface area (Å²) in [6.07, 6.45) is 7.58. The van der Waals surface area contributed by atoms with Crippen LogP contribution in [0.15, 0.2) is 47.9 Å². The molecule has 5 N–H and O–H groups in total. The normalized spacial score (nSPS) is 12.4. The molecule has 0 atom stereocenters. The summed E-state index contributed by atoms with van der Waals surface area (Å²) >= 11 is 0. The van der Waals surface area contributed by atoms with Gasteiger partial charge in [-0.25, -0.2) is 4.98 Å². The van der Waals surface area contributed by atoms with Crippen LogP contribution in [0.5, 0.6) is 0 Å². The quantitative estimate of drug-likeness (QED) is 0.353. The van der Waals surface area contributed by atoms with Crippen molar-refractivity contribution in [2.24, 2.45) is 10.7 Å². The Morgan fingerprint density at radius 2 is 2.18 bits per heavy atom. The molecular weight excluding hydrogens is 352 g/mol. The Morgan fingerprint density at radius 1 is 1.32 bits per heavy atom. The first-order chi connectivity index (χ1) is 13.6. The average Bonchev–Trinajstić information content (AvgIpc) is 3.16. The Bertz CT molecular complexity index is 989. The number of hydrogen-bond donors (Lipinski definition) is 4. The number of aliphatic hydroxyl groups excluding tert-OH is 1. The molecule has 7 heteroatoms. The predicted molar refractivity (Wildman–Crippen MR) is 115 cm³/mol. The van der Waals surface area contributed by atoms with E-state index in [-0.39, 0.29) is 6.61 Å². The Kier molecular flexibility index (Phi) is 6.39. The minimum Gasteiger partial charge on any atom is -0.404 e. The van der Waals surface area contributed by atoms with Crippen LogP contribution in [0.4, 0.5) is 11.6 Å². The summed E-state index contributed by atoms with van der Waals surface area (Å²) in [7, 11) is 0. The number of rotatable bonds is 8. The molecule has 0 aliphatic heterocycles. The molecule has 0 aromatic carbocycles. The first kappa shape index (κ1) is 19.6. The molecule has 0 bridgehead atoms. The van der Waals surface area contributed by atoms with E-state index in [1.54, 1.807) is 12.4 Å². The van der Waals surface area contributed by atoms with Gasteiger partial charge in [-0.05, 0) is 42.2 Å². The van der Waals surface area contributed by atoms with Crippen LogP contribution >= 0.6 is 0 Å². The van der Waals surface area contributed by atoms with E-state index in [4.69, 9.17) is 10.8 Å². The van der Waals surface area contributed by atoms with Gasteiger partial charge in [0.1, 0.15) is 11.6 Å². The largest absolute Gasteiger partial charge is 0.404 e. The van der Waals surface area contributed by atoms with Gasteiger partial charge in [-0.2, -0.15) is 0 Å². The molecule has 3 rings (SSSR count). The van der Waals surface area contributed by atoms with Crippen molar-refractivity contribution in [3.8, 4) is 0 Å². The SMILES string of the molecule is CC(C)c1c[nH]c(Nc2ccc3ncc(C(C=NCCCO)=CN)cc3n2)c1. The van der Waals surface area contributed by atoms with E-state index >= 15 is 0 Å². The fourth-order valence-electron chi connectivity index (χ4n) is 2.73. The van der Waals surface area contributed by atoms with Gasteiger partial charge in [0.25, 0.3) is 0 Å². The van der Waals surface area contributed by atoms with Crippen LogP contribution in [0.25, 0.3) is 16.6 Å². The van der Waals surface area contributed by atoms with Crippen LogP contribution in [0.2, 0.25) is 0 Å². The number of nitrogens with one attached hydrogen (secondary N) is 2. The van der Waals surface area contributed by atoms with Crippen LogP contribution in [0, 0.1) is 0 Å².